The summed E-state index contributed by atoms with van der Waals surface area (Å²) < 4.78 is 0. The fourth-order valence-corrected chi connectivity index (χ4v) is 1.70. The number of hydrogen-bond donors (Lipinski definition) is 2. The van der Waals surface area contributed by atoms with E-state index in [9.17, 15) is 0 Å². The molecule has 2 rings (SSSR count). The summed E-state index contributed by atoms with van der Waals surface area (Å²) in [7, 11) is 0. The summed E-state index contributed by atoms with van der Waals surface area (Å²) in [5, 5.41) is 10.6. The summed E-state index contributed by atoms with van der Waals surface area (Å²) in [6.45, 7) is 4.08. The van der Waals surface area contributed by atoms with Gasteiger partial charge >= 0.3 is 0 Å². The largest absolute Gasteiger partial charge is 0.313 e. The zero-order valence-corrected chi connectivity index (χ0v) is 9.53. The Hall–Kier alpha value is -1.61. The van der Waals surface area contributed by atoms with E-state index in [1.165, 1.54) is 11.1 Å². The van der Waals surface area contributed by atoms with Gasteiger partial charge in [-0.2, -0.15) is 5.10 Å². The minimum Gasteiger partial charge on any atom is -0.313 e. The van der Waals surface area contributed by atoms with Crippen LogP contribution in [-0.4, -0.2) is 16.7 Å². The molecule has 2 aromatic rings. The number of aromatic nitrogens is 2. The maximum atomic E-state index is 4.11. The molecule has 0 aliphatic heterocycles. The summed E-state index contributed by atoms with van der Waals surface area (Å²) >= 11 is 0. The molecule has 3 nitrogen and oxygen atoms in total. The van der Waals surface area contributed by atoms with E-state index in [-0.39, 0.29) is 0 Å². The second kappa shape index (κ2) is 5.47. The van der Waals surface area contributed by atoms with Crippen molar-refractivity contribution in [1.82, 2.24) is 15.5 Å². The van der Waals surface area contributed by atoms with E-state index in [0.717, 1.165) is 25.2 Å². The number of H-pyrrole nitrogens is 1. The van der Waals surface area contributed by atoms with Gasteiger partial charge in [0.1, 0.15) is 0 Å². The minimum absolute atomic E-state index is 0.870. The van der Waals surface area contributed by atoms with Crippen molar-refractivity contribution < 1.29 is 0 Å². The molecule has 3 heteroatoms. The van der Waals surface area contributed by atoms with Crippen LogP contribution < -0.4 is 5.32 Å². The first-order chi connectivity index (χ1) is 7.92. The molecule has 0 bridgehead atoms. The second-order valence-electron chi connectivity index (χ2n) is 3.81. The maximum Gasteiger partial charge on any atom is 0.0695 e. The van der Waals surface area contributed by atoms with E-state index in [1.807, 2.05) is 24.4 Å². The van der Waals surface area contributed by atoms with E-state index in [0.29, 0.717) is 0 Å². The highest BCUT2D eigenvalue weighted by Gasteiger charge is 2.05. The van der Waals surface area contributed by atoms with Crippen LogP contribution in [0, 0.1) is 0 Å². The molecular formula is C13H17N3. The van der Waals surface area contributed by atoms with Crippen molar-refractivity contribution in [3.05, 3.63) is 42.1 Å². The van der Waals surface area contributed by atoms with Crippen molar-refractivity contribution in [2.75, 3.05) is 6.54 Å². The van der Waals surface area contributed by atoms with E-state index >= 15 is 0 Å². The standard InChI is InChI=1S/C13H17N3/c1-2-8-14-9-12-10-15-16-13(12)11-6-4-3-5-7-11/h3-7,10,14H,2,8-9H2,1H3,(H,15,16). The second-order valence-corrected chi connectivity index (χ2v) is 3.81. The Morgan fingerprint density at radius 3 is 2.81 bits per heavy atom. The molecule has 0 fully saturated rings. The van der Waals surface area contributed by atoms with Crippen molar-refractivity contribution in [3.8, 4) is 11.3 Å². The predicted octanol–water partition coefficient (Wildman–Crippen LogP) is 2.58. The molecule has 0 unspecified atom stereocenters. The first kappa shape index (κ1) is 10.9. The molecule has 0 aliphatic rings. The first-order valence-corrected chi connectivity index (χ1v) is 5.70. The average molecular weight is 215 g/mol. The van der Waals surface area contributed by atoms with Crippen LogP contribution in [0.4, 0.5) is 0 Å². The lowest BCUT2D eigenvalue weighted by Gasteiger charge is -2.04. The summed E-state index contributed by atoms with van der Waals surface area (Å²) in [5.74, 6) is 0. The van der Waals surface area contributed by atoms with Gasteiger partial charge in [-0.15, -0.1) is 0 Å². The van der Waals surface area contributed by atoms with Crippen LogP contribution in [0.5, 0.6) is 0 Å². The lowest BCUT2D eigenvalue weighted by atomic mass is 10.1. The van der Waals surface area contributed by atoms with Gasteiger partial charge in [-0.05, 0) is 18.5 Å². The normalized spacial score (nSPS) is 10.6. The molecule has 16 heavy (non-hydrogen) atoms. The molecule has 0 amide bonds. The summed E-state index contributed by atoms with van der Waals surface area (Å²) in [6.07, 6.45) is 3.05. The monoisotopic (exact) mass is 215 g/mol. The number of aromatic amines is 1. The highest BCUT2D eigenvalue weighted by molar-refractivity contribution is 5.62. The van der Waals surface area contributed by atoms with Crippen molar-refractivity contribution in [2.24, 2.45) is 0 Å². The summed E-state index contributed by atoms with van der Waals surface area (Å²) in [6, 6.07) is 10.3. The number of nitrogens with zero attached hydrogens (tertiary/aromatic N) is 1. The average Bonchev–Trinajstić information content (AvgIpc) is 2.79. The number of hydrogen-bond acceptors (Lipinski definition) is 2. The SMILES string of the molecule is CCCNCc1cn[nH]c1-c1ccccc1. The van der Waals surface area contributed by atoms with Crippen LogP contribution in [-0.2, 0) is 6.54 Å². The van der Waals surface area contributed by atoms with Crippen molar-refractivity contribution >= 4 is 0 Å². The Kier molecular flexibility index (Phi) is 3.72. The van der Waals surface area contributed by atoms with Gasteiger partial charge in [-0.1, -0.05) is 37.3 Å². The van der Waals surface area contributed by atoms with Gasteiger partial charge in [0.15, 0.2) is 0 Å². The van der Waals surface area contributed by atoms with Gasteiger partial charge in [0.25, 0.3) is 0 Å². The Morgan fingerprint density at radius 2 is 2.06 bits per heavy atom. The molecule has 0 radical (unpaired) electrons. The van der Waals surface area contributed by atoms with E-state index < -0.39 is 0 Å². The molecule has 84 valence electrons. The third-order valence-corrected chi connectivity index (χ3v) is 2.52. The Bertz CT molecular complexity index is 420. The van der Waals surface area contributed by atoms with E-state index in [2.05, 4.69) is 34.6 Å². The van der Waals surface area contributed by atoms with Gasteiger partial charge in [-0.3, -0.25) is 5.10 Å². The smallest absolute Gasteiger partial charge is 0.0695 e. The minimum atomic E-state index is 0.870. The number of benzene rings is 1. The van der Waals surface area contributed by atoms with Gasteiger partial charge < -0.3 is 5.32 Å². The zero-order valence-electron chi connectivity index (χ0n) is 9.53. The van der Waals surface area contributed by atoms with Crippen molar-refractivity contribution in [1.29, 1.82) is 0 Å². The van der Waals surface area contributed by atoms with Gasteiger partial charge in [-0.25, -0.2) is 0 Å². The lowest BCUT2D eigenvalue weighted by molar-refractivity contribution is 0.676. The fourth-order valence-electron chi connectivity index (χ4n) is 1.70. The molecule has 0 spiro atoms. The van der Waals surface area contributed by atoms with Crippen molar-refractivity contribution in [3.63, 3.8) is 0 Å². The molecule has 0 aliphatic carbocycles. The highest BCUT2D eigenvalue weighted by Crippen LogP contribution is 2.20. The molecule has 2 N–H and O–H groups in total. The zero-order chi connectivity index (χ0) is 11.2. The highest BCUT2D eigenvalue weighted by atomic mass is 15.1. The maximum absolute atomic E-state index is 4.11. The first-order valence-electron chi connectivity index (χ1n) is 5.70. The van der Waals surface area contributed by atoms with E-state index in [1.54, 1.807) is 0 Å². The molecular weight excluding hydrogens is 198 g/mol. The third kappa shape index (κ3) is 2.49. The molecule has 1 aromatic heterocycles. The Morgan fingerprint density at radius 1 is 1.25 bits per heavy atom. The molecule has 0 saturated carbocycles. The predicted molar refractivity (Wildman–Crippen MR) is 66.0 cm³/mol. The quantitative estimate of drug-likeness (QED) is 0.753. The number of nitrogens with one attached hydrogen (secondary N) is 2. The van der Waals surface area contributed by atoms with Crippen LogP contribution in [0.25, 0.3) is 11.3 Å². The molecule has 1 aromatic carbocycles. The fraction of sp³-hybridized carbons (Fsp3) is 0.308. The van der Waals surface area contributed by atoms with E-state index in [4.69, 9.17) is 0 Å². The summed E-state index contributed by atoms with van der Waals surface area (Å²) in [5.41, 5.74) is 3.53. The Labute approximate surface area is 95.9 Å². The third-order valence-electron chi connectivity index (χ3n) is 2.52. The van der Waals surface area contributed by atoms with Gasteiger partial charge in [0.05, 0.1) is 11.9 Å². The Balaban J connectivity index is 2.13. The van der Waals surface area contributed by atoms with Crippen LogP contribution in [0.3, 0.4) is 0 Å². The van der Waals surface area contributed by atoms with Crippen LogP contribution in [0.1, 0.15) is 18.9 Å². The van der Waals surface area contributed by atoms with Crippen molar-refractivity contribution in [2.45, 2.75) is 19.9 Å². The molecule has 0 saturated heterocycles. The molecule has 1 heterocycles. The van der Waals surface area contributed by atoms with Gasteiger partial charge in [0.2, 0.25) is 0 Å². The lowest BCUT2D eigenvalue weighted by Crippen LogP contribution is -2.13. The number of rotatable bonds is 5. The van der Waals surface area contributed by atoms with Gasteiger partial charge in [0, 0.05) is 12.1 Å². The van der Waals surface area contributed by atoms with Crippen LogP contribution in [0.15, 0.2) is 36.5 Å². The molecule has 0 atom stereocenters. The summed E-state index contributed by atoms with van der Waals surface area (Å²) in [4.78, 5) is 0. The van der Waals surface area contributed by atoms with Crippen LogP contribution in [0.2, 0.25) is 0 Å². The topological polar surface area (TPSA) is 40.7 Å². The van der Waals surface area contributed by atoms with Crippen LogP contribution >= 0.6 is 0 Å².